The highest BCUT2D eigenvalue weighted by Crippen LogP contribution is 2.30. The number of esters is 1. The molecule has 0 spiro atoms. The number of amides is 2. The quantitative estimate of drug-likeness (QED) is 0.386. The van der Waals surface area contributed by atoms with Crippen molar-refractivity contribution in [3.63, 3.8) is 0 Å². The maximum absolute atomic E-state index is 12.9. The fourth-order valence-corrected chi connectivity index (χ4v) is 3.26. The van der Waals surface area contributed by atoms with Crippen LogP contribution in [0.2, 0.25) is 0 Å². The molecule has 1 heterocycles. The average Bonchev–Trinajstić information content (AvgIpc) is 2.97. The minimum Gasteiger partial charge on any atom is -0.462 e. The van der Waals surface area contributed by atoms with E-state index in [1.165, 1.54) is 24.3 Å². The number of imide groups is 1. The Morgan fingerprint density at radius 1 is 1.07 bits per heavy atom. The Bertz CT molecular complexity index is 970. The first-order valence-electron chi connectivity index (χ1n) is 9.81. The minimum atomic E-state index is -0.609. The molecule has 30 heavy (non-hydrogen) atoms. The zero-order valence-electron chi connectivity index (χ0n) is 16.9. The molecule has 6 nitrogen and oxygen atoms in total. The molecular weight excluding hydrogens is 404 g/mol. The molecule has 1 atom stereocenters. The summed E-state index contributed by atoms with van der Waals surface area (Å²) in [4.78, 5) is 38.5. The van der Waals surface area contributed by atoms with Crippen molar-refractivity contribution >= 4 is 35.1 Å². The second-order valence-corrected chi connectivity index (χ2v) is 7.33. The lowest BCUT2D eigenvalue weighted by Crippen LogP contribution is -2.34. The number of ether oxygens (including phenoxy) is 1. The third kappa shape index (κ3) is 4.54. The van der Waals surface area contributed by atoms with E-state index in [1.807, 2.05) is 44.2 Å². The SMILES string of the molecule is CCCCOC(=O)c1ccc(N2C(=O)C(Cl)=C(NC(C)c3ccccc3)C2=O)cc1. The van der Waals surface area contributed by atoms with E-state index in [-0.39, 0.29) is 16.8 Å². The molecule has 2 aromatic rings. The van der Waals surface area contributed by atoms with Crippen LogP contribution in [0, 0.1) is 0 Å². The van der Waals surface area contributed by atoms with E-state index in [0.717, 1.165) is 23.3 Å². The van der Waals surface area contributed by atoms with Gasteiger partial charge in [-0.1, -0.05) is 55.3 Å². The van der Waals surface area contributed by atoms with Crippen LogP contribution >= 0.6 is 11.6 Å². The molecule has 0 aromatic heterocycles. The van der Waals surface area contributed by atoms with E-state index < -0.39 is 17.8 Å². The van der Waals surface area contributed by atoms with E-state index in [9.17, 15) is 14.4 Å². The predicted molar refractivity (Wildman–Crippen MR) is 115 cm³/mol. The average molecular weight is 427 g/mol. The topological polar surface area (TPSA) is 75.7 Å². The Kier molecular flexibility index (Phi) is 6.90. The number of benzene rings is 2. The van der Waals surface area contributed by atoms with Gasteiger partial charge >= 0.3 is 5.97 Å². The molecule has 0 saturated heterocycles. The number of carbonyl (C=O) groups is 3. The minimum absolute atomic E-state index is 0.0565. The molecule has 0 saturated carbocycles. The lowest BCUT2D eigenvalue weighted by molar-refractivity contribution is -0.120. The first-order chi connectivity index (χ1) is 14.4. The Labute approximate surface area is 180 Å². The standard InChI is InChI=1S/C23H23ClN2O4/c1-3-4-14-30-23(29)17-10-12-18(13-11-17)26-21(27)19(24)20(22(26)28)25-15(2)16-8-6-5-7-9-16/h5-13,15,25H,3-4,14H2,1-2H3. The van der Waals surface area contributed by atoms with Crippen LogP contribution in [0.25, 0.3) is 0 Å². The van der Waals surface area contributed by atoms with Crippen molar-refractivity contribution in [3.8, 4) is 0 Å². The van der Waals surface area contributed by atoms with Gasteiger partial charge < -0.3 is 10.1 Å². The van der Waals surface area contributed by atoms with Crippen LogP contribution in [0.5, 0.6) is 0 Å². The van der Waals surface area contributed by atoms with Gasteiger partial charge in [-0.15, -0.1) is 0 Å². The number of hydrogen-bond donors (Lipinski definition) is 1. The Morgan fingerprint density at radius 2 is 1.73 bits per heavy atom. The summed E-state index contributed by atoms with van der Waals surface area (Å²) in [6, 6.07) is 15.4. The number of nitrogens with one attached hydrogen (secondary N) is 1. The van der Waals surface area contributed by atoms with Crippen molar-refractivity contribution < 1.29 is 19.1 Å². The molecule has 3 rings (SSSR count). The number of nitrogens with zero attached hydrogens (tertiary/aromatic N) is 1. The van der Waals surface area contributed by atoms with E-state index >= 15 is 0 Å². The van der Waals surface area contributed by atoms with E-state index in [1.54, 1.807) is 0 Å². The van der Waals surface area contributed by atoms with Crippen LogP contribution in [0.4, 0.5) is 5.69 Å². The Hall–Kier alpha value is -3.12. The summed E-state index contributed by atoms with van der Waals surface area (Å²) in [5, 5.41) is 2.88. The van der Waals surface area contributed by atoms with Crippen LogP contribution in [-0.2, 0) is 14.3 Å². The van der Waals surface area contributed by atoms with Crippen LogP contribution in [0.3, 0.4) is 0 Å². The lowest BCUT2D eigenvalue weighted by atomic mass is 10.1. The Balaban J connectivity index is 1.73. The summed E-state index contributed by atoms with van der Waals surface area (Å²) in [6.07, 6.45) is 1.72. The lowest BCUT2D eigenvalue weighted by Gasteiger charge is -2.18. The van der Waals surface area contributed by atoms with Gasteiger partial charge in [0.15, 0.2) is 0 Å². The van der Waals surface area contributed by atoms with Crippen molar-refractivity contribution in [1.82, 2.24) is 5.32 Å². The van der Waals surface area contributed by atoms with Crippen LogP contribution in [0.15, 0.2) is 65.3 Å². The van der Waals surface area contributed by atoms with Gasteiger partial charge in [-0.05, 0) is 43.2 Å². The van der Waals surface area contributed by atoms with Gasteiger partial charge in [-0.25, -0.2) is 9.69 Å². The van der Waals surface area contributed by atoms with Gasteiger partial charge in [0.1, 0.15) is 10.7 Å². The third-order valence-electron chi connectivity index (χ3n) is 4.78. The highest BCUT2D eigenvalue weighted by molar-refractivity contribution is 6.52. The van der Waals surface area contributed by atoms with Crippen molar-refractivity contribution in [2.45, 2.75) is 32.7 Å². The van der Waals surface area contributed by atoms with Crippen LogP contribution in [-0.4, -0.2) is 24.4 Å². The van der Waals surface area contributed by atoms with E-state index in [4.69, 9.17) is 16.3 Å². The van der Waals surface area contributed by atoms with Gasteiger partial charge in [0.2, 0.25) is 0 Å². The number of halogens is 1. The maximum atomic E-state index is 12.9. The van der Waals surface area contributed by atoms with E-state index in [0.29, 0.717) is 17.9 Å². The second kappa shape index (κ2) is 9.59. The molecular formula is C23H23ClN2O4. The zero-order chi connectivity index (χ0) is 21.7. The first kappa shape index (κ1) is 21.6. The van der Waals surface area contributed by atoms with Crippen LogP contribution < -0.4 is 10.2 Å². The summed E-state index contributed by atoms with van der Waals surface area (Å²) < 4.78 is 5.17. The summed E-state index contributed by atoms with van der Waals surface area (Å²) >= 11 is 6.18. The number of anilines is 1. The number of rotatable bonds is 8. The molecule has 1 aliphatic rings. The normalized spacial score (nSPS) is 14.8. The molecule has 2 amide bonds. The molecule has 1 unspecified atom stereocenters. The zero-order valence-corrected chi connectivity index (χ0v) is 17.6. The fraction of sp³-hybridized carbons (Fsp3) is 0.261. The fourth-order valence-electron chi connectivity index (χ4n) is 3.04. The third-order valence-corrected chi connectivity index (χ3v) is 5.13. The largest absolute Gasteiger partial charge is 0.462 e. The molecule has 1 N–H and O–H groups in total. The summed E-state index contributed by atoms with van der Waals surface area (Å²) in [5.74, 6) is -1.59. The first-order valence-corrected chi connectivity index (χ1v) is 10.2. The van der Waals surface area contributed by atoms with Crippen molar-refractivity contribution in [1.29, 1.82) is 0 Å². The van der Waals surface area contributed by atoms with Gasteiger partial charge in [-0.2, -0.15) is 0 Å². The predicted octanol–water partition coefficient (Wildman–Crippen LogP) is 4.32. The molecule has 1 aliphatic heterocycles. The van der Waals surface area contributed by atoms with Gasteiger partial charge in [-0.3, -0.25) is 9.59 Å². The second-order valence-electron chi connectivity index (χ2n) is 6.95. The van der Waals surface area contributed by atoms with Crippen molar-refractivity contribution in [3.05, 3.63) is 76.5 Å². The summed E-state index contributed by atoms with van der Waals surface area (Å²) in [7, 11) is 0. The Morgan fingerprint density at radius 3 is 2.37 bits per heavy atom. The number of hydrogen-bond acceptors (Lipinski definition) is 5. The van der Waals surface area contributed by atoms with Gasteiger partial charge in [0.25, 0.3) is 11.8 Å². The number of carbonyl (C=O) groups excluding carboxylic acids is 3. The van der Waals surface area contributed by atoms with Crippen molar-refractivity contribution in [2.75, 3.05) is 11.5 Å². The number of unbranched alkanes of at least 4 members (excludes halogenated alkanes) is 1. The van der Waals surface area contributed by atoms with Gasteiger partial charge in [0.05, 0.1) is 17.9 Å². The smallest absolute Gasteiger partial charge is 0.338 e. The highest BCUT2D eigenvalue weighted by atomic mass is 35.5. The van der Waals surface area contributed by atoms with E-state index in [2.05, 4.69) is 5.32 Å². The molecule has 0 aliphatic carbocycles. The molecule has 0 radical (unpaired) electrons. The molecule has 0 fully saturated rings. The summed E-state index contributed by atoms with van der Waals surface area (Å²) in [5.41, 5.74) is 1.70. The van der Waals surface area contributed by atoms with Gasteiger partial charge in [0, 0.05) is 6.04 Å². The highest BCUT2D eigenvalue weighted by Gasteiger charge is 2.39. The maximum Gasteiger partial charge on any atom is 0.338 e. The van der Waals surface area contributed by atoms with Crippen LogP contribution in [0.1, 0.15) is 48.7 Å². The van der Waals surface area contributed by atoms with Crippen molar-refractivity contribution in [2.24, 2.45) is 0 Å². The molecule has 156 valence electrons. The monoisotopic (exact) mass is 426 g/mol. The molecule has 2 aromatic carbocycles. The molecule has 0 bridgehead atoms. The summed E-state index contributed by atoms with van der Waals surface area (Å²) in [6.45, 7) is 4.25. The molecule has 7 heteroatoms.